The molecule has 1 fully saturated rings. The van der Waals surface area contributed by atoms with Gasteiger partial charge in [0.1, 0.15) is 17.9 Å². The van der Waals surface area contributed by atoms with Crippen molar-refractivity contribution < 1.29 is 27.5 Å². The zero-order chi connectivity index (χ0) is 30.6. The predicted molar refractivity (Wildman–Crippen MR) is 159 cm³/mol. The van der Waals surface area contributed by atoms with Crippen molar-refractivity contribution in [3.05, 3.63) is 89.3 Å². The zero-order valence-corrected chi connectivity index (χ0v) is 23.7. The highest BCUT2D eigenvalue weighted by Crippen LogP contribution is 2.36. The average molecular weight is 590 g/mol. The molecule has 0 saturated carbocycles. The van der Waals surface area contributed by atoms with Crippen LogP contribution in [0.15, 0.2) is 72.6 Å². The Labute approximate surface area is 246 Å². The van der Waals surface area contributed by atoms with Crippen molar-refractivity contribution in [3.63, 3.8) is 0 Å². The fraction of sp³-hybridized carbons (Fsp3) is 0.250. The van der Waals surface area contributed by atoms with Gasteiger partial charge in [-0.1, -0.05) is 36.8 Å². The van der Waals surface area contributed by atoms with Crippen LogP contribution in [-0.4, -0.2) is 46.3 Å². The van der Waals surface area contributed by atoms with Crippen molar-refractivity contribution >= 4 is 40.2 Å². The van der Waals surface area contributed by atoms with E-state index in [0.717, 1.165) is 44.1 Å². The van der Waals surface area contributed by atoms with Gasteiger partial charge in [-0.25, -0.2) is 9.97 Å². The van der Waals surface area contributed by atoms with Gasteiger partial charge in [0.15, 0.2) is 0 Å². The summed E-state index contributed by atoms with van der Waals surface area (Å²) in [6.45, 7) is 6.01. The molecule has 1 saturated heterocycles. The minimum Gasteiger partial charge on any atom is -0.439 e. The third-order valence-electron chi connectivity index (χ3n) is 7.19. The fourth-order valence-corrected chi connectivity index (χ4v) is 5.01. The van der Waals surface area contributed by atoms with Gasteiger partial charge in [0.05, 0.1) is 5.56 Å². The summed E-state index contributed by atoms with van der Waals surface area (Å²) in [5.74, 6) is 0.0941. The summed E-state index contributed by atoms with van der Waals surface area (Å²) >= 11 is 0. The van der Waals surface area contributed by atoms with Crippen LogP contribution in [-0.2, 0) is 11.0 Å². The SMILES string of the molecule is CCN1CCC(=Cc2ccc(NC(=O)c3cccc4cc(Oc5cc(NC(C)=O)ncn5)ccc34)cc2C(F)(F)F)CC1. The number of halogens is 3. The van der Waals surface area contributed by atoms with Crippen LogP contribution >= 0.6 is 0 Å². The molecular formula is C32H30F3N5O3. The van der Waals surface area contributed by atoms with Gasteiger partial charge in [-0.2, -0.15) is 13.2 Å². The number of fused-ring (bicyclic) bond motifs is 1. The fourth-order valence-electron chi connectivity index (χ4n) is 5.01. The number of hydrogen-bond donors (Lipinski definition) is 2. The number of carbonyl (C=O) groups excluding carboxylic acids is 2. The Morgan fingerprint density at radius 1 is 1.00 bits per heavy atom. The summed E-state index contributed by atoms with van der Waals surface area (Å²) in [6.07, 6.45) is -0.232. The van der Waals surface area contributed by atoms with E-state index in [1.165, 1.54) is 31.5 Å². The zero-order valence-electron chi connectivity index (χ0n) is 23.7. The van der Waals surface area contributed by atoms with Crippen molar-refractivity contribution in [1.82, 2.24) is 14.9 Å². The summed E-state index contributed by atoms with van der Waals surface area (Å²) in [4.78, 5) is 34.8. The molecule has 11 heteroatoms. The standard InChI is InChI=1S/C32H30F3N5O3/c1-3-40-13-11-21(12-14-40)15-23-7-8-24(17-28(23)32(33,34)35)39-31(42)27-6-4-5-22-16-25(9-10-26(22)27)43-30-18-29(36-19-37-30)38-20(2)41/h4-10,15-19H,3,11-14H2,1-2H3,(H,39,42)(H,36,37,38,41). The minimum atomic E-state index is -4.58. The molecule has 2 N–H and O–H groups in total. The second-order valence-electron chi connectivity index (χ2n) is 10.2. The van der Waals surface area contributed by atoms with Crippen molar-refractivity contribution in [1.29, 1.82) is 0 Å². The molecule has 0 bridgehead atoms. The van der Waals surface area contributed by atoms with E-state index in [0.29, 0.717) is 22.1 Å². The van der Waals surface area contributed by atoms with Crippen LogP contribution in [0.25, 0.3) is 16.8 Å². The van der Waals surface area contributed by atoms with Gasteiger partial charge in [0.2, 0.25) is 11.8 Å². The Morgan fingerprint density at radius 2 is 1.79 bits per heavy atom. The van der Waals surface area contributed by atoms with Gasteiger partial charge >= 0.3 is 6.18 Å². The third kappa shape index (κ3) is 7.36. The molecule has 43 heavy (non-hydrogen) atoms. The number of ether oxygens (including phenoxy) is 1. The van der Waals surface area contributed by atoms with Crippen molar-refractivity contribution in [2.24, 2.45) is 0 Å². The highest BCUT2D eigenvalue weighted by molar-refractivity contribution is 6.13. The van der Waals surface area contributed by atoms with Crippen LogP contribution in [0.2, 0.25) is 0 Å². The van der Waals surface area contributed by atoms with Crippen LogP contribution in [0.3, 0.4) is 0 Å². The van der Waals surface area contributed by atoms with E-state index in [-0.39, 0.29) is 28.9 Å². The predicted octanol–water partition coefficient (Wildman–Crippen LogP) is 7.15. The van der Waals surface area contributed by atoms with Gasteiger partial charge in [-0.15, -0.1) is 0 Å². The molecule has 0 aliphatic carbocycles. The number of benzene rings is 3. The maximum Gasteiger partial charge on any atom is 0.417 e. The molecule has 0 spiro atoms. The number of alkyl halides is 3. The van der Waals surface area contributed by atoms with Gasteiger partial charge in [-0.05, 0) is 72.1 Å². The molecule has 8 nitrogen and oxygen atoms in total. The minimum absolute atomic E-state index is 0.0518. The molecule has 0 radical (unpaired) electrons. The molecule has 4 aromatic rings. The highest BCUT2D eigenvalue weighted by atomic mass is 19.4. The van der Waals surface area contributed by atoms with Crippen molar-refractivity contribution in [2.75, 3.05) is 30.3 Å². The summed E-state index contributed by atoms with van der Waals surface area (Å²) in [5.41, 5.74) is 0.634. The molecule has 2 heterocycles. The smallest absolute Gasteiger partial charge is 0.417 e. The third-order valence-corrected chi connectivity index (χ3v) is 7.19. The number of carbonyl (C=O) groups is 2. The second-order valence-corrected chi connectivity index (χ2v) is 10.2. The monoisotopic (exact) mass is 589 g/mol. The maximum absolute atomic E-state index is 14.1. The normalized spacial score (nSPS) is 13.9. The Morgan fingerprint density at radius 3 is 2.51 bits per heavy atom. The number of piperidine rings is 1. The first-order valence-corrected chi connectivity index (χ1v) is 13.8. The number of nitrogens with zero attached hydrogens (tertiary/aromatic N) is 3. The van der Waals surface area contributed by atoms with E-state index in [1.54, 1.807) is 42.5 Å². The van der Waals surface area contributed by atoms with E-state index in [9.17, 15) is 22.8 Å². The van der Waals surface area contributed by atoms with Crippen molar-refractivity contribution in [3.8, 4) is 11.6 Å². The highest BCUT2D eigenvalue weighted by Gasteiger charge is 2.33. The number of amides is 2. The first-order chi connectivity index (χ1) is 20.6. The lowest BCUT2D eigenvalue weighted by Gasteiger charge is -2.27. The average Bonchev–Trinajstić information content (AvgIpc) is 2.97. The van der Waals surface area contributed by atoms with Crippen LogP contribution in [0, 0.1) is 0 Å². The first kappa shape index (κ1) is 29.7. The molecular weight excluding hydrogens is 559 g/mol. The lowest BCUT2D eigenvalue weighted by Crippen LogP contribution is -2.30. The van der Waals surface area contributed by atoms with Crippen LogP contribution in [0.5, 0.6) is 11.6 Å². The number of hydrogen-bond acceptors (Lipinski definition) is 6. The van der Waals surface area contributed by atoms with Crippen LogP contribution in [0.4, 0.5) is 24.7 Å². The summed E-state index contributed by atoms with van der Waals surface area (Å²) in [7, 11) is 0. The van der Waals surface area contributed by atoms with Gasteiger partial charge in [0.25, 0.3) is 5.91 Å². The van der Waals surface area contributed by atoms with E-state index < -0.39 is 17.6 Å². The van der Waals surface area contributed by atoms with E-state index in [2.05, 4.69) is 32.4 Å². The Hall–Kier alpha value is -4.77. The molecule has 1 aliphatic rings. The van der Waals surface area contributed by atoms with Crippen LogP contribution < -0.4 is 15.4 Å². The molecule has 222 valence electrons. The topological polar surface area (TPSA) is 96.5 Å². The van der Waals surface area contributed by atoms with E-state index >= 15 is 0 Å². The molecule has 1 aromatic heterocycles. The molecule has 3 aromatic carbocycles. The Kier molecular flexibility index (Phi) is 8.72. The summed E-state index contributed by atoms with van der Waals surface area (Å²) < 4.78 is 48.0. The first-order valence-electron chi connectivity index (χ1n) is 13.8. The number of likely N-dealkylation sites (tertiary alicyclic amines) is 1. The lowest BCUT2D eigenvalue weighted by molar-refractivity contribution is -0.137. The molecule has 5 rings (SSSR count). The molecule has 0 atom stereocenters. The van der Waals surface area contributed by atoms with Crippen LogP contribution in [0.1, 0.15) is 48.2 Å². The van der Waals surface area contributed by atoms with E-state index in [1.807, 2.05) is 0 Å². The number of aromatic nitrogens is 2. The molecule has 2 amide bonds. The van der Waals surface area contributed by atoms with Gasteiger partial charge < -0.3 is 20.3 Å². The number of nitrogens with one attached hydrogen (secondary N) is 2. The van der Waals surface area contributed by atoms with Gasteiger partial charge in [0, 0.05) is 37.3 Å². The Balaban J connectivity index is 1.35. The van der Waals surface area contributed by atoms with E-state index in [4.69, 9.17) is 4.74 Å². The largest absolute Gasteiger partial charge is 0.439 e. The van der Waals surface area contributed by atoms with Gasteiger partial charge in [-0.3, -0.25) is 9.59 Å². The quantitative estimate of drug-likeness (QED) is 0.238. The summed E-state index contributed by atoms with van der Waals surface area (Å²) in [5, 5.41) is 6.45. The Bertz CT molecular complexity index is 1690. The number of rotatable bonds is 7. The van der Waals surface area contributed by atoms with Crippen molar-refractivity contribution in [2.45, 2.75) is 32.9 Å². The lowest BCUT2D eigenvalue weighted by atomic mass is 9.97. The second kappa shape index (κ2) is 12.6. The molecule has 1 aliphatic heterocycles. The molecule has 0 unspecified atom stereocenters. The maximum atomic E-state index is 14.1. The summed E-state index contributed by atoms with van der Waals surface area (Å²) in [6, 6.07) is 15.5. The number of anilines is 2.